The van der Waals surface area contributed by atoms with Crippen LogP contribution in [0.15, 0.2) is 30.6 Å². The third-order valence-corrected chi connectivity index (χ3v) is 4.37. The van der Waals surface area contributed by atoms with Crippen molar-refractivity contribution in [2.24, 2.45) is 12.8 Å². The molecule has 3 rings (SSSR count). The Kier molecular flexibility index (Phi) is 3.97. The minimum Gasteiger partial charge on any atom is -0.364 e. The summed E-state index contributed by atoms with van der Waals surface area (Å²) in [6, 6.07) is 4.83. The Hall–Kier alpha value is -2.16. The zero-order valence-electron chi connectivity index (χ0n) is 12.5. The van der Waals surface area contributed by atoms with Crippen LogP contribution in [0, 0.1) is 16.3 Å². The first-order valence-electron chi connectivity index (χ1n) is 6.85. The molecule has 0 aliphatic heterocycles. The van der Waals surface area contributed by atoms with Gasteiger partial charge < -0.3 is 15.6 Å². The van der Waals surface area contributed by atoms with Gasteiger partial charge in [0.15, 0.2) is 0 Å². The minimum absolute atomic E-state index is 0.280. The van der Waals surface area contributed by atoms with Gasteiger partial charge in [0, 0.05) is 28.4 Å². The van der Waals surface area contributed by atoms with Gasteiger partial charge in [-0.2, -0.15) is 0 Å². The Bertz CT molecular complexity index is 935. The van der Waals surface area contributed by atoms with Gasteiger partial charge in [-0.15, -0.1) is 0 Å². The fourth-order valence-electron chi connectivity index (χ4n) is 2.73. The van der Waals surface area contributed by atoms with E-state index < -0.39 is 11.7 Å². The lowest BCUT2D eigenvalue weighted by molar-refractivity contribution is 0.0994. The highest BCUT2D eigenvalue weighted by molar-refractivity contribution is 14.1. The van der Waals surface area contributed by atoms with Crippen molar-refractivity contribution in [2.45, 2.75) is 6.92 Å². The first kappa shape index (κ1) is 15.7. The van der Waals surface area contributed by atoms with Crippen LogP contribution in [0.2, 0.25) is 0 Å². The van der Waals surface area contributed by atoms with Gasteiger partial charge in [0.2, 0.25) is 0 Å². The number of fused-ring (bicyclic) bond motifs is 1. The molecular formula is C16H14FIN4O. The summed E-state index contributed by atoms with van der Waals surface area (Å²) in [5.74, 6) is -0.985. The van der Waals surface area contributed by atoms with E-state index in [1.165, 1.54) is 6.07 Å². The Morgan fingerprint density at radius 2 is 2.13 bits per heavy atom. The minimum atomic E-state index is -0.587. The van der Waals surface area contributed by atoms with Crippen molar-refractivity contribution in [3.8, 4) is 0 Å². The lowest BCUT2D eigenvalue weighted by Crippen LogP contribution is -2.17. The molecule has 0 saturated heterocycles. The van der Waals surface area contributed by atoms with Crippen molar-refractivity contribution in [1.29, 1.82) is 0 Å². The van der Waals surface area contributed by atoms with E-state index in [0.29, 0.717) is 5.69 Å². The number of amides is 1. The Morgan fingerprint density at radius 3 is 2.78 bits per heavy atom. The molecule has 0 aliphatic rings. The van der Waals surface area contributed by atoms with Crippen molar-refractivity contribution in [3.05, 3.63) is 51.2 Å². The summed E-state index contributed by atoms with van der Waals surface area (Å²) in [5.41, 5.74) is 8.30. The second-order valence-electron chi connectivity index (χ2n) is 5.25. The molecule has 0 unspecified atom stereocenters. The highest BCUT2D eigenvalue weighted by Gasteiger charge is 2.21. The largest absolute Gasteiger partial charge is 0.364 e. The van der Waals surface area contributed by atoms with Crippen LogP contribution in [-0.2, 0) is 7.05 Å². The predicted molar refractivity (Wildman–Crippen MR) is 96.4 cm³/mol. The number of aromatic nitrogens is 2. The number of primary amides is 1. The second kappa shape index (κ2) is 5.80. The van der Waals surface area contributed by atoms with Crippen LogP contribution in [0.3, 0.4) is 0 Å². The number of hydrogen-bond acceptors (Lipinski definition) is 3. The third-order valence-electron chi connectivity index (χ3n) is 3.70. The van der Waals surface area contributed by atoms with Crippen LogP contribution >= 0.6 is 22.6 Å². The highest BCUT2D eigenvalue weighted by Crippen LogP contribution is 2.34. The number of benzene rings is 1. The molecule has 0 saturated carbocycles. The molecule has 3 aromatic rings. The number of pyridine rings is 1. The van der Waals surface area contributed by atoms with Gasteiger partial charge >= 0.3 is 0 Å². The van der Waals surface area contributed by atoms with Crippen LogP contribution in [0.1, 0.15) is 16.1 Å². The summed E-state index contributed by atoms with van der Waals surface area (Å²) in [4.78, 5) is 16.1. The van der Waals surface area contributed by atoms with Gasteiger partial charge in [-0.3, -0.25) is 9.78 Å². The summed E-state index contributed by atoms with van der Waals surface area (Å²) in [6.45, 7) is 1.90. The zero-order valence-corrected chi connectivity index (χ0v) is 14.7. The molecule has 118 valence electrons. The molecule has 0 aliphatic carbocycles. The number of carbonyl (C=O) groups excluding carboxylic acids is 1. The lowest BCUT2D eigenvalue weighted by atomic mass is 10.2. The van der Waals surface area contributed by atoms with E-state index in [-0.39, 0.29) is 11.4 Å². The normalized spacial score (nSPS) is 11.0. The molecule has 1 aromatic carbocycles. The van der Waals surface area contributed by atoms with E-state index in [2.05, 4.69) is 10.3 Å². The van der Waals surface area contributed by atoms with Crippen LogP contribution in [0.5, 0.6) is 0 Å². The maximum Gasteiger partial charge on any atom is 0.267 e. The van der Waals surface area contributed by atoms with E-state index in [9.17, 15) is 9.18 Å². The SMILES string of the molecule is Cc1cncc2c(Nc3ccc(I)cc3F)c(C(N)=O)n(C)c12. The topological polar surface area (TPSA) is 72.9 Å². The summed E-state index contributed by atoms with van der Waals surface area (Å²) in [7, 11) is 1.75. The molecule has 0 bridgehead atoms. The van der Waals surface area contributed by atoms with E-state index in [0.717, 1.165) is 20.0 Å². The van der Waals surface area contributed by atoms with Crippen molar-refractivity contribution < 1.29 is 9.18 Å². The molecular weight excluding hydrogens is 410 g/mol. The van der Waals surface area contributed by atoms with Crippen molar-refractivity contribution in [3.63, 3.8) is 0 Å². The first-order chi connectivity index (χ1) is 10.9. The number of aryl methyl sites for hydroxylation is 2. The summed E-state index contributed by atoms with van der Waals surface area (Å²) < 4.78 is 16.6. The molecule has 1 amide bonds. The Labute approximate surface area is 145 Å². The number of nitrogens with two attached hydrogens (primary N) is 1. The maximum absolute atomic E-state index is 14.1. The number of anilines is 2. The van der Waals surface area contributed by atoms with Crippen molar-refractivity contribution in [1.82, 2.24) is 9.55 Å². The zero-order chi connectivity index (χ0) is 16.7. The average Bonchev–Trinajstić information content (AvgIpc) is 2.76. The number of carbonyl (C=O) groups is 1. The van der Waals surface area contributed by atoms with Gasteiger partial charge in [0.25, 0.3) is 5.91 Å². The lowest BCUT2D eigenvalue weighted by Gasteiger charge is -2.09. The second-order valence-corrected chi connectivity index (χ2v) is 6.49. The van der Waals surface area contributed by atoms with Crippen LogP contribution in [0.4, 0.5) is 15.8 Å². The standard InChI is InChI=1S/C16H14FIN4O/c1-8-6-20-7-10-13(15(16(19)23)22(2)14(8)10)21-12-4-3-9(18)5-11(12)17/h3-7,21H,1-2H3,(H2,19,23). The Balaban J connectivity index is 2.25. The van der Waals surface area contributed by atoms with Crippen molar-refractivity contribution in [2.75, 3.05) is 5.32 Å². The summed E-state index contributed by atoms with van der Waals surface area (Å²) >= 11 is 2.04. The van der Waals surface area contributed by atoms with E-state index in [4.69, 9.17) is 5.73 Å². The van der Waals surface area contributed by atoms with Gasteiger partial charge in [0.05, 0.1) is 16.9 Å². The van der Waals surface area contributed by atoms with Gasteiger partial charge in [-0.25, -0.2) is 4.39 Å². The number of rotatable bonds is 3. The molecule has 2 aromatic heterocycles. The maximum atomic E-state index is 14.1. The van der Waals surface area contributed by atoms with Gasteiger partial charge in [-0.05, 0) is 53.3 Å². The van der Waals surface area contributed by atoms with Gasteiger partial charge in [0.1, 0.15) is 11.5 Å². The predicted octanol–water partition coefficient (Wildman–Crippen LogP) is 3.47. The molecule has 7 heteroatoms. The molecule has 3 N–H and O–H groups in total. The number of hydrogen-bond donors (Lipinski definition) is 2. The summed E-state index contributed by atoms with van der Waals surface area (Å²) in [6.07, 6.45) is 3.35. The highest BCUT2D eigenvalue weighted by atomic mass is 127. The average molecular weight is 424 g/mol. The summed E-state index contributed by atoms with van der Waals surface area (Å²) in [5, 5.41) is 3.72. The molecule has 23 heavy (non-hydrogen) atoms. The number of nitrogens with zero attached hydrogens (tertiary/aromatic N) is 2. The monoisotopic (exact) mass is 424 g/mol. The van der Waals surface area contributed by atoms with Gasteiger partial charge in [-0.1, -0.05) is 0 Å². The van der Waals surface area contributed by atoms with E-state index in [1.807, 2.05) is 29.5 Å². The number of nitrogens with one attached hydrogen (secondary N) is 1. The fraction of sp³-hybridized carbons (Fsp3) is 0.125. The third kappa shape index (κ3) is 2.65. The van der Waals surface area contributed by atoms with Crippen molar-refractivity contribution >= 4 is 50.8 Å². The van der Waals surface area contributed by atoms with Crippen LogP contribution < -0.4 is 11.1 Å². The molecule has 0 fully saturated rings. The fourth-order valence-corrected chi connectivity index (χ4v) is 3.19. The first-order valence-corrected chi connectivity index (χ1v) is 7.93. The smallest absolute Gasteiger partial charge is 0.267 e. The van der Waals surface area contributed by atoms with E-state index >= 15 is 0 Å². The quantitative estimate of drug-likeness (QED) is 0.633. The number of halogens is 2. The molecule has 0 atom stereocenters. The molecule has 0 radical (unpaired) electrons. The van der Waals surface area contributed by atoms with E-state index in [1.54, 1.807) is 36.1 Å². The molecule has 0 spiro atoms. The van der Waals surface area contributed by atoms with Crippen LogP contribution in [0.25, 0.3) is 10.9 Å². The molecule has 5 nitrogen and oxygen atoms in total. The molecule has 2 heterocycles. The Morgan fingerprint density at radius 1 is 1.39 bits per heavy atom. The van der Waals surface area contributed by atoms with Crippen LogP contribution in [-0.4, -0.2) is 15.5 Å².